The van der Waals surface area contributed by atoms with Gasteiger partial charge < -0.3 is 14.6 Å². The van der Waals surface area contributed by atoms with Crippen LogP contribution in [0.2, 0.25) is 18.1 Å². The molecule has 4 nitrogen and oxygen atoms in total. The molecule has 0 spiro atoms. The highest BCUT2D eigenvalue weighted by Gasteiger charge is 2.38. The molecule has 2 unspecified atom stereocenters. The van der Waals surface area contributed by atoms with Crippen LogP contribution in [0.25, 0.3) is 0 Å². The lowest BCUT2D eigenvalue weighted by Gasteiger charge is -2.38. The van der Waals surface area contributed by atoms with E-state index in [2.05, 4.69) is 62.5 Å². The number of hydrogen-bond acceptors (Lipinski definition) is 4. The molecule has 2 N–H and O–H groups in total. The quantitative estimate of drug-likeness (QED) is 0.512. The Morgan fingerprint density at radius 3 is 2.36 bits per heavy atom. The molecule has 154 valence electrons. The van der Waals surface area contributed by atoms with Crippen molar-refractivity contribution in [2.75, 3.05) is 0 Å². The molecule has 0 bridgehead atoms. The van der Waals surface area contributed by atoms with Crippen LogP contribution < -0.4 is 0 Å². The third kappa shape index (κ3) is 9.53. The summed E-state index contributed by atoms with van der Waals surface area (Å²) in [5.41, 5.74) is 1.15. The highest BCUT2D eigenvalue weighted by Crippen LogP contribution is 2.37. The highest BCUT2D eigenvalue weighted by molar-refractivity contribution is 6.74. The summed E-state index contributed by atoms with van der Waals surface area (Å²) < 4.78 is 6.23. The number of aliphatic hydroxyl groups excluding tert-OH is 2. The van der Waals surface area contributed by atoms with Gasteiger partial charge in [0.05, 0.1) is 0 Å². The second-order valence-electron chi connectivity index (χ2n) is 8.75. The molecular weight excluding hydrogens is 366 g/mol. The lowest BCUT2D eigenvalue weighted by molar-refractivity contribution is 0.126. The van der Waals surface area contributed by atoms with Crippen LogP contribution in [0.15, 0.2) is 24.5 Å². The number of aryl methyl sites for hydroxylation is 1. The van der Waals surface area contributed by atoms with Gasteiger partial charge in [0.1, 0.15) is 12.2 Å². The van der Waals surface area contributed by atoms with Gasteiger partial charge in [-0.3, -0.25) is 4.98 Å². The maximum atomic E-state index is 10.1. The van der Waals surface area contributed by atoms with Gasteiger partial charge in [-0.15, -0.1) is 0 Å². The summed E-state index contributed by atoms with van der Waals surface area (Å²) in [7, 11) is -1.85. The van der Waals surface area contributed by atoms with Crippen molar-refractivity contribution in [1.82, 2.24) is 4.98 Å². The summed E-state index contributed by atoms with van der Waals surface area (Å²) in [5, 5.41) is 20.1. The van der Waals surface area contributed by atoms with Gasteiger partial charge in [-0.05, 0) is 67.8 Å². The van der Waals surface area contributed by atoms with Crippen molar-refractivity contribution >= 4 is 8.32 Å². The standard InChI is InChI=1S/C23H35NO3Si/c1-19(27-28(5,6)23(2,3)4)17-22(26)14-8-7-13-21(25)15-9-11-20-12-10-16-24-18-20/h10,12,16,18-19,21-22,25-26H,9,11,15,17H2,1-6H3/t19-,21?,22?/m0/s1. The minimum absolute atomic E-state index is 0.0591. The number of aliphatic hydroxyl groups is 2. The molecule has 1 heterocycles. The fraction of sp³-hybridized carbons (Fsp3) is 0.609. The molecule has 0 aliphatic heterocycles. The molecule has 1 aromatic heterocycles. The highest BCUT2D eigenvalue weighted by atomic mass is 28.4. The van der Waals surface area contributed by atoms with Crippen LogP contribution in [0.1, 0.15) is 52.5 Å². The molecule has 5 heteroatoms. The fourth-order valence-corrected chi connectivity index (χ4v) is 3.91. The zero-order chi connectivity index (χ0) is 21.2. The zero-order valence-corrected chi connectivity index (χ0v) is 19.1. The summed E-state index contributed by atoms with van der Waals surface area (Å²) >= 11 is 0. The molecule has 0 radical (unpaired) electrons. The first-order valence-electron chi connectivity index (χ1n) is 9.95. The van der Waals surface area contributed by atoms with E-state index in [4.69, 9.17) is 4.43 Å². The Balaban J connectivity index is 2.37. The summed E-state index contributed by atoms with van der Waals surface area (Å²) in [6.45, 7) is 13.0. The van der Waals surface area contributed by atoms with E-state index in [0.29, 0.717) is 12.8 Å². The van der Waals surface area contributed by atoms with E-state index in [-0.39, 0.29) is 11.1 Å². The molecule has 0 saturated heterocycles. The monoisotopic (exact) mass is 401 g/mol. The predicted octanol–water partition coefficient (Wildman–Crippen LogP) is 3.93. The van der Waals surface area contributed by atoms with Crippen molar-refractivity contribution in [2.24, 2.45) is 0 Å². The molecule has 1 rings (SSSR count). The van der Waals surface area contributed by atoms with Crippen molar-refractivity contribution in [3.8, 4) is 23.7 Å². The van der Waals surface area contributed by atoms with Crippen molar-refractivity contribution in [1.29, 1.82) is 0 Å². The minimum atomic E-state index is -1.85. The van der Waals surface area contributed by atoms with Crippen LogP contribution in [0, 0.1) is 23.7 Å². The molecule has 28 heavy (non-hydrogen) atoms. The lowest BCUT2D eigenvalue weighted by Crippen LogP contribution is -2.43. The van der Waals surface area contributed by atoms with Gasteiger partial charge in [0.2, 0.25) is 0 Å². The second-order valence-corrected chi connectivity index (χ2v) is 13.5. The average molecular weight is 402 g/mol. The van der Waals surface area contributed by atoms with E-state index in [1.807, 2.05) is 25.3 Å². The summed E-state index contributed by atoms with van der Waals surface area (Å²) in [6.07, 6.45) is 4.77. The maximum absolute atomic E-state index is 10.1. The first-order valence-corrected chi connectivity index (χ1v) is 12.9. The van der Waals surface area contributed by atoms with Crippen LogP contribution in [-0.4, -0.2) is 41.8 Å². The number of hydrogen-bond donors (Lipinski definition) is 2. The smallest absolute Gasteiger partial charge is 0.192 e. The van der Waals surface area contributed by atoms with Gasteiger partial charge >= 0.3 is 0 Å². The van der Waals surface area contributed by atoms with Gasteiger partial charge in [0.25, 0.3) is 0 Å². The Kier molecular flexibility index (Phi) is 9.93. The number of nitrogens with zero attached hydrogens (tertiary/aromatic N) is 1. The average Bonchev–Trinajstić information content (AvgIpc) is 2.58. The van der Waals surface area contributed by atoms with Crippen molar-refractivity contribution in [3.63, 3.8) is 0 Å². The second kappa shape index (κ2) is 11.4. The summed E-state index contributed by atoms with van der Waals surface area (Å²) in [5.74, 6) is 10.7. The number of rotatable bonds is 8. The first-order chi connectivity index (χ1) is 13.0. The van der Waals surface area contributed by atoms with E-state index < -0.39 is 20.5 Å². The molecule has 0 aromatic carbocycles. The molecular formula is C23H35NO3Si. The topological polar surface area (TPSA) is 62.6 Å². The normalized spacial score (nSPS) is 14.9. The molecule has 0 saturated carbocycles. The van der Waals surface area contributed by atoms with E-state index in [9.17, 15) is 10.2 Å². The van der Waals surface area contributed by atoms with Crippen LogP contribution in [0.4, 0.5) is 0 Å². The Labute approximate surface area is 171 Å². The largest absolute Gasteiger partial charge is 0.414 e. The number of pyridine rings is 1. The van der Waals surface area contributed by atoms with E-state index in [0.717, 1.165) is 18.4 Å². The maximum Gasteiger partial charge on any atom is 0.192 e. The SMILES string of the molecule is C[C@@H](CC(O)C#CC#CC(O)CCCc1cccnc1)O[Si](C)(C)C(C)(C)C. The summed E-state index contributed by atoms with van der Waals surface area (Å²) in [4.78, 5) is 4.07. The summed E-state index contributed by atoms with van der Waals surface area (Å²) in [6, 6.07) is 3.93. The number of aromatic nitrogens is 1. The molecule has 0 aliphatic carbocycles. The lowest BCUT2D eigenvalue weighted by atomic mass is 10.1. The van der Waals surface area contributed by atoms with Gasteiger partial charge in [-0.25, -0.2) is 0 Å². The van der Waals surface area contributed by atoms with E-state index >= 15 is 0 Å². The minimum Gasteiger partial charge on any atom is -0.414 e. The Morgan fingerprint density at radius 1 is 1.14 bits per heavy atom. The molecule has 0 fully saturated rings. The predicted molar refractivity (Wildman–Crippen MR) is 117 cm³/mol. The van der Waals surface area contributed by atoms with Gasteiger partial charge in [-0.2, -0.15) is 0 Å². The molecule has 0 amide bonds. The Bertz CT molecular complexity index is 705. The molecule has 1 aromatic rings. The first kappa shape index (κ1) is 24.4. The third-order valence-electron chi connectivity index (χ3n) is 5.06. The van der Waals surface area contributed by atoms with Crippen LogP contribution in [-0.2, 0) is 10.8 Å². The van der Waals surface area contributed by atoms with Crippen LogP contribution >= 0.6 is 0 Å². The Hall–Kier alpha value is -1.63. The van der Waals surface area contributed by atoms with Crippen molar-refractivity contribution in [3.05, 3.63) is 30.1 Å². The third-order valence-corrected chi connectivity index (χ3v) is 9.67. The molecule has 3 atom stereocenters. The molecule has 0 aliphatic rings. The van der Waals surface area contributed by atoms with E-state index in [1.54, 1.807) is 6.20 Å². The van der Waals surface area contributed by atoms with Crippen LogP contribution in [0.5, 0.6) is 0 Å². The Morgan fingerprint density at radius 2 is 1.79 bits per heavy atom. The van der Waals surface area contributed by atoms with Crippen LogP contribution in [0.3, 0.4) is 0 Å². The van der Waals surface area contributed by atoms with Gasteiger partial charge in [0.15, 0.2) is 8.32 Å². The zero-order valence-electron chi connectivity index (χ0n) is 18.1. The van der Waals surface area contributed by atoms with E-state index in [1.165, 1.54) is 0 Å². The fourth-order valence-electron chi connectivity index (χ4n) is 2.46. The van der Waals surface area contributed by atoms with Crippen molar-refractivity contribution < 1.29 is 14.6 Å². The van der Waals surface area contributed by atoms with Gasteiger partial charge in [-0.1, -0.05) is 38.7 Å². The van der Waals surface area contributed by atoms with Crippen molar-refractivity contribution in [2.45, 2.75) is 89.8 Å². The van der Waals surface area contributed by atoms with Gasteiger partial charge in [0, 0.05) is 24.9 Å².